The SMILES string of the molecule is CNCCCNC(=O)C1=CC=CN2CCS(=O)(=O)N=C12. The van der Waals surface area contributed by atoms with E-state index in [1.165, 1.54) is 0 Å². The number of fused-ring (bicyclic) bond motifs is 1. The van der Waals surface area contributed by atoms with Crippen LogP contribution in [0.3, 0.4) is 0 Å². The second-order valence-electron chi connectivity index (χ2n) is 4.53. The molecule has 0 atom stereocenters. The summed E-state index contributed by atoms with van der Waals surface area (Å²) in [7, 11) is -1.62. The van der Waals surface area contributed by atoms with E-state index in [2.05, 4.69) is 15.0 Å². The second-order valence-corrected chi connectivity index (χ2v) is 6.28. The maximum atomic E-state index is 12.1. The monoisotopic (exact) mass is 298 g/mol. The molecular formula is C12H18N4O3S. The molecule has 0 aromatic carbocycles. The Morgan fingerprint density at radius 1 is 1.45 bits per heavy atom. The molecule has 0 spiro atoms. The lowest BCUT2D eigenvalue weighted by Gasteiger charge is -2.28. The van der Waals surface area contributed by atoms with Gasteiger partial charge in [0.25, 0.3) is 15.9 Å². The molecule has 2 heterocycles. The van der Waals surface area contributed by atoms with Gasteiger partial charge >= 0.3 is 0 Å². The Labute approximate surface area is 118 Å². The van der Waals surface area contributed by atoms with Gasteiger partial charge in [-0.15, -0.1) is 4.40 Å². The first kappa shape index (κ1) is 14.7. The van der Waals surface area contributed by atoms with Crippen molar-refractivity contribution in [1.29, 1.82) is 0 Å². The van der Waals surface area contributed by atoms with Gasteiger partial charge in [-0.05, 0) is 32.2 Å². The van der Waals surface area contributed by atoms with Crippen molar-refractivity contribution in [3.63, 3.8) is 0 Å². The zero-order valence-corrected chi connectivity index (χ0v) is 12.1. The number of amidine groups is 1. The van der Waals surface area contributed by atoms with Gasteiger partial charge in [-0.2, -0.15) is 0 Å². The lowest BCUT2D eigenvalue weighted by molar-refractivity contribution is -0.117. The van der Waals surface area contributed by atoms with Crippen molar-refractivity contribution in [3.8, 4) is 0 Å². The average Bonchev–Trinajstić information content (AvgIpc) is 2.42. The van der Waals surface area contributed by atoms with Gasteiger partial charge in [0.1, 0.15) is 0 Å². The van der Waals surface area contributed by atoms with Crippen LogP contribution in [0, 0.1) is 0 Å². The lowest BCUT2D eigenvalue weighted by Crippen LogP contribution is -2.42. The number of sulfonamides is 1. The van der Waals surface area contributed by atoms with Gasteiger partial charge in [0, 0.05) is 19.3 Å². The molecule has 0 saturated carbocycles. The average molecular weight is 298 g/mol. The Hall–Kier alpha value is -1.67. The van der Waals surface area contributed by atoms with Crippen LogP contribution in [-0.2, 0) is 14.8 Å². The third-order valence-electron chi connectivity index (χ3n) is 2.99. The van der Waals surface area contributed by atoms with Gasteiger partial charge < -0.3 is 15.5 Å². The molecule has 0 aromatic rings. The molecule has 0 radical (unpaired) electrons. The number of nitrogens with zero attached hydrogens (tertiary/aromatic N) is 2. The summed E-state index contributed by atoms with van der Waals surface area (Å²) < 4.78 is 26.8. The van der Waals surface area contributed by atoms with Crippen LogP contribution in [0.4, 0.5) is 0 Å². The normalized spacial score (nSPS) is 19.9. The minimum absolute atomic E-state index is 0.0299. The standard InChI is InChI=1S/C12H18N4O3S/c1-13-5-3-6-14-12(17)10-4-2-7-16-8-9-20(18,19)15-11(10)16/h2,4,7,13H,3,5-6,8-9H2,1H3,(H,14,17). The predicted octanol–water partition coefficient (Wildman–Crippen LogP) is -0.790. The number of rotatable bonds is 5. The van der Waals surface area contributed by atoms with E-state index < -0.39 is 10.0 Å². The number of amides is 1. The molecule has 0 bridgehead atoms. The number of carbonyl (C=O) groups excluding carboxylic acids is 1. The molecule has 2 aliphatic heterocycles. The fraction of sp³-hybridized carbons (Fsp3) is 0.500. The molecular weight excluding hydrogens is 280 g/mol. The van der Waals surface area contributed by atoms with E-state index >= 15 is 0 Å². The fourth-order valence-electron chi connectivity index (χ4n) is 1.96. The molecule has 2 aliphatic rings. The quantitative estimate of drug-likeness (QED) is 0.649. The molecule has 0 aliphatic carbocycles. The highest BCUT2D eigenvalue weighted by Crippen LogP contribution is 2.17. The molecule has 2 N–H and O–H groups in total. The highest BCUT2D eigenvalue weighted by Gasteiger charge is 2.29. The molecule has 8 heteroatoms. The van der Waals surface area contributed by atoms with E-state index in [1.54, 1.807) is 23.3 Å². The highest BCUT2D eigenvalue weighted by molar-refractivity contribution is 7.90. The predicted molar refractivity (Wildman–Crippen MR) is 76.7 cm³/mol. The number of allylic oxidation sites excluding steroid dienone is 2. The summed E-state index contributed by atoms with van der Waals surface area (Å²) in [4.78, 5) is 13.8. The van der Waals surface area contributed by atoms with Gasteiger partial charge in [-0.3, -0.25) is 4.79 Å². The zero-order valence-electron chi connectivity index (χ0n) is 11.3. The van der Waals surface area contributed by atoms with Crippen molar-refractivity contribution in [2.45, 2.75) is 6.42 Å². The summed E-state index contributed by atoms with van der Waals surface area (Å²) in [5.41, 5.74) is 0.292. The van der Waals surface area contributed by atoms with Gasteiger partial charge in [0.2, 0.25) is 0 Å². The summed E-state index contributed by atoms with van der Waals surface area (Å²) in [6.07, 6.45) is 5.84. The fourth-order valence-corrected chi connectivity index (χ4v) is 2.94. The smallest absolute Gasteiger partial charge is 0.256 e. The van der Waals surface area contributed by atoms with Crippen LogP contribution in [0.25, 0.3) is 0 Å². The van der Waals surface area contributed by atoms with Crippen LogP contribution in [-0.4, -0.2) is 57.5 Å². The summed E-state index contributed by atoms with van der Waals surface area (Å²) in [5.74, 6) is -0.117. The minimum atomic E-state index is -3.47. The Kier molecular flexibility index (Phi) is 4.56. The van der Waals surface area contributed by atoms with Crippen molar-refractivity contribution >= 4 is 21.8 Å². The van der Waals surface area contributed by atoms with Gasteiger partial charge in [-0.25, -0.2) is 8.42 Å². The Morgan fingerprint density at radius 3 is 3.00 bits per heavy atom. The molecule has 110 valence electrons. The van der Waals surface area contributed by atoms with Crippen LogP contribution < -0.4 is 10.6 Å². The highest BCUT2D eigenvalue weighted by atomic mass is 32.2. The molecule has 7 nitrogen and oxygen atoms in total. The van der Waals surface area contributed by atoms with Gasteiger partial charge in [0.15, 0.2) is 5.84 Å². The number of carbonyl (C=O) groups is 1. The Balaban J connectivity index is 2.10. The summed E-state index contributed by atoms with van der Waals surface area (Å²) in [5, 5.41) is 5.75. The van der Waals surface area contributed by atoms with E-state index in [1.807, 2.05) is 7.05 Å². The first-order chi connectivity index (χ1) is 9.53. The van der Waals surface area contributed by atoms with E-state index in [0.29, 0.717) is 18.7 Å². The Morgan fingerprint density at radius 2 is 2.25 bits per heavy atom. The van der Waals surface area contributed by atoms with Crippen LogP contribution in [0.15, 0.2) is 28.3 Å². The molecule has 1 amide bonds. The third-order valence-corrected chi connectivity index (χ3v) is 4.14. The minimum Gasteiger partial charge on any atom is -0.352 e. The summed E-state index contributed by atoms with van der Waals surface area (Å²) in [6, 6.07) is 0. The van der Waals surface area contributed by atoms with Crippen molar-refractivity contribution in [1.82, 2.24) is 15.5 Å². The molecule has 0 fully saturated rings. The summed E-state index contributed by atoms with van der Waals surface area (Å²) >= 11 is 0. The van der Waals surface area contributed by atoms with E-state index in [-0.39, 0.29) is 17.5 Å². The van der Waals surface area contributed by atoms with E-state index in [4.69, 9.17) is 0 Å². The van der Waals surface area contributed by atoms with Crippen LogP contribution in [0.1, 0.15) is 6.42 Å². The van der Waals surface area contributed by atoms with Crippen LogP contribution in [0.2, 0.25) is 0 Å². The molecule has 0 unspecified atom stereocenters. The first-order valence-corrected chi connectivity index (χ1v) is 8.05. The first-order valence-electron chi connectivity index (χ1n) is 6.44. The Bertz CT molecular complexity index is 578. The van der Waals surface area contributed by atoms with Crippen molar-refractivity contribution in [2.24, 2.45) is 4.40 Å². The van der Waals surface area contributed by atoms with Crippen molar-refractivity contribution < 1.29 is 13.2 Å². The zero-order chi connectivity index (χ0) is 14.6. The number of hydrogen-bond acceptors (Lipinski definition) is 5. The largest absolute Gasteiger partial charge is 0.352 e. The molecule has 20 heavy (non-hydrogen) atoms. The number of hydrogen-bond donors (Lipinski definition) is 2. The van der Waals surface area contributed by atoms with Gasteiger partial charge in [-0.1, -0.05) is 0 Å². The second kappa shape index (κ2) is 6.19. The number of nitrogens with one attached hydrogen (secondary N) is 2. The third kappa shape index (κ3) is 3.45. The molecule has 0 aromatic heterocycles. The van der Waals surface area contributed by atoms with Crippen molar-refractivity contribution in [3.05, 3.63) is 23.9 Å². The molecule has 0 saturated heterocycles. The van der Waals surface area contributed by atoms with Crippen LogP contribution >= 0.6 is 0 Å². The maximum absolute atomic E-state index is 12.1. The lowest BCUT2D eigenvalue weighted by atomic mass is 10.1. The topological polar surface area (TPSA) is 90.9 Å². The maximum Gasteiger partial charge on any atom is 0.256 e. The molecule has 2 rings (SSSR count). The van der Waals surface area contributed by atoms with Crippen molar-refractivity contribution in [2.75, 3.05) is 32.4 Å². The van der Waals surface area contributed by atoms with E-state index in [0.717, 1.165) is 13.0 Å². The van der Waals surface area contributed by atoms with E-state index in [9.17, 15) is 13.2 Å². The van der Waals surface area contributed by atoms with Crippen LogP contribution in [0.5, 0.6) is 0 Å². The summed E-state index contributed by atoms with van der Waals surface area (Å²) in [6.45, 7) is 1.66. The van der Waals surface area contributed by atoms with Gasteiger partial charge in [0.05, 0.1) is 11.3 Å².